The highest BCUT2D eigenvalue weighted by Gasteiger charge is 2.45. The van der Waals surface area contributed by atoms with Gasteiger partial charge in [-0.25, -0.2) is 0 Å². The third-order valence-electron chi connectivity index (χ3n) is 3.48. The average Bonchev–Trinajstić information content (AvgIpc) is 2.52. The molecule has 1 rings (SSSR count). The van der Waals surface area contributed by atoms with Crippen LogP contribution in [0.4, 0.5) is 0 Å². The summed E-state index contributed by atoms with van der Waals surface area (Å²) in [5.41, 5.74) is 0.516. The maximum absolute atomic E-state index is 12.3. The Labute approximate surface area is 134 Å². The summed E-state index contributed by atoms with van der Waals surface area (Å²) in [6.45, 7) is 4.72. The third kappa shape index (κ3) is 4.77. The van der Waals surface area contributed by atoms with Crippen molar-refractivity contribution in [2.75, 3.05) is 13.2 Å². The molecule has 0 aromatic heterocycles. The van der Waals surface area contributed by atoms with Crippen LogP contribution in [-0.2, 0) is 19.1 Å². The van der Waals surface area contributed by atoms with Crippen LogP contribution in [0.2, 0.25) is 0 Å². The second kappa shape index (κ2) is 8.87. The van der Waals surface area contributed by atoms with E-state index in [-0.39, 0.29) is 13.2 Å². The zero-order valence-corrected chi connectivity index (χ0v) is 13.4. The molecule has 7 heteroatoms. The molecule has 0 heterocycles. The molecule has 0 aliphatic heterocycles. The van der Waals surface area contributed by atoms with Gasteiger partial charge >= 0.3 is 11.9 Å². The number of hydrogen-bond donors (Lipinski definition) is 0. The topological polar surface area (TPSA) is 95.7 Å². The maximum Gasteiger partial charge on any atom is 0.321 e. The molecule has 0 radical (unpaired) electrons. The van der Waals surface area contributed by atoms with Crippen LogP contribution >= 0.6 is 0 Å². The molecule has 1 unspecified atom stereocenters. The molecule has 126 valence electrons. The van der Waals surface area contributed by atoms with Gasteiger partial charge in [-0.2, -0.15) is 0 Å². The van der Waals surface area contributed by atoms with Crippen molar-refractivity contribution in [2.45, 2.75) is 32.7 Å². The van der Waals surface area contributed by atoms with E-state index in [1.165, 1.54) is 6.92 Å². The molecular formula is C16H21NO6. The van der Waals surface area contributed by atoms with E-state index in [2.05, 4.69) is 0 Å². The number of nitro groups is 1. The summed E-state index contributed by atoms with van der Waals surface area (Å²) in [6, 6.07) is 7.29. The lowest BCUT2D eigenvalue weighted by Gasteiger charge is -2.25. The van der Waals surface area contributed by atoms with Crippen molar-refractivity contribution in [1.29, 1.82) is 0 Å². The highest BCUT2D eigenvalue weighted by Crippen LogP contribution is 2.32. The monoisotopic (exact) mass is 323 g/mol. The van der Waals surface area contributed by atoms with Crippen molar-refractivity contribution < 1.29 is 24.0 Å². The molecule has 0 aliphatic carbocycles. The predicted molar refractivity (Wildman–Crippen MR) is 82.4 cm³/mol. The summed E-state index contributed by atoms with van der Waals surface area (Å²) in [6.07, 6.45) is 0. The van der Waals surface area contributed by atoms with E-state index in [1.54, 1.807) is 44.2 Å². The standard InChI is InChI=1S/C16H21NO6/c1-4-22-15(18)14(16(19)23-5-2)13(11(3)17(20)21)12-9-7-6-8-10-12/h6-11,13-14H,4-5H2,1-3H3/t11?,13-/m1/s1. The van der Waals surface area contributed by atoms with Crippen LogP contribution in [0.15, 0.2) is 30.3 Å². The molecule has 2 atom stereocenters. The van der Waals surface area contributed by atoms with Crippen molar-refractivity contribution in [3.63, 3.8) is 0 Å². The molecule has 1 aromatic rings. The Morgan fingerprint density at radius 3 is 1.96 bits per heavy atom. The van der Waals surface area contributed by atoms with Gasteiger partial charge in [0.15, 0.2) is 5.92 Å². The summed E-state index contributed by atoms with van der Waals surface area (Å²) >= 11 is 0. The van der Waals surface area contributed by atoms with Crippen molar-refractivity contribution in [3.05, 3.63) is 46.0 Å². The third-order valence-corrected chi connectivity index (χ3v) is 3.48. The summed E-state index contributed by atoms with van der Waals surface area (Å²) in [5, 5.41) is 11.3. The Morgan fingerprint density at radius 2 is 1.57 bits per heavy atom. The van der Waals surface area contributed by atoms with Crippen LogP contribution in [0.25, 0.3) is 0 Å². The quantitative estimate of drug-likeness (QED) is 0.315. The summed E-state index contributed by atoms with van der Waals surface area (Å²) < 4.78 is 9.88. The first-order chi connectivity index (χ1) is 10.9. The lowest BCUT2D eigenvalue weighted by atomic mass is 9.81. The predicted octanol–water partition coefficient (Wildman–Crippen LogP) is 2.18. The van der Waals surface area contributed by atoms with E-state index in [0.29, 0.717) is 5.56 Å². The van der Waals surface area contributed by atoms with E-state index in [0.717, 1.165) is 0 Å². The van der Waals surface area contributed by atoms with Gasteiger partial charge in [0.2, 0.25) is 6.04 Å². The minimum Gasteiger partial charge on any atom is -0.465 e. The zero-order chi connectivity index (χ0) is 17.4. The van der Waals surface area contributed by atoms with Gasteiger partial charge in [-0.05, 0) is 19.4 Å². The Kier molecular flexibility index (Phi) is 7.18. The van der Waals surface area contributed by atoms with E-state index in [9.17, 15) is 19.7 Å². The van der Waals surface area contributed by atoms with Gasteiger partial charge in [0, 0.05) is 11.8 Å². The van der Waals surface area contributed by atoms with Gasteiger partial charge in [-0.3, -0.25) is 19.7 Å². The second-order valence-electron chi connectivity index (χ2n) is 4.94. The number of rotatable bonds is 8. The molecule has 0 saturated carbocycles. The molecular weight excluding hydrogens is 302 g/mol. The van der Waals surface area contributed by atoms with Crippen LogP contribution in [0.5, 0.6) is 0 Å². The number of ether oxygens (including phenoxy) is 2. The van der Waals surface area contributed by atoms with Gasteiger partial charge in [-0.15, -0.1) is 0 Å². The molecule has 0 aliphatic rings. The van der Waals surface area contributed by atoms with Gasteiger partial charge in [-0.1, -0.05) is 30.3 Å². The van der Waals surface area contributed by atoms with Crippen molar-refractivity contribution in [1.82, 2.24) is 0 Å². The van der Waals surface area contributed by atoms with Crippen molar-refractivity contribution in [2.24, 2.45) is 5.92 Å². The Morgan fingerprint density at radius 1 is 1.09 bits per heavy atom. The summed E-state index contributed by atoms with van der Waals surface area (Å²) in [7, 11) is 0. The molecule has 23 heavy (non-hydrogen) atoms. The van der Waals surface area contributed by atoms with Crippen LogP contribution in [0.3, 0.4) is 0 Å². The fourth-order valence-corrected chi connectivity index (χ4v) is 2.41. The molecule has 1 aromatic carbocycles. The van der Waals surface area contributed by atoms with Gasteiger partial charge < -0.3 is 9.47 Å². The number of benzene rings is 1. The lowest BCUT2D eigenvalue weighted by Crippen LogP contribution is -2.40. The van der Waals surface area contributed by atoms with E-state index in [1.807, 2.05) is 0 Å². The Balaban J connectivity index is 3.33. The fourth-order valence-electron chi connectivity index (χ4n) is 2.41. The smallest absolute Gasteiger partial charge is 0.321 e. The second-order valence-corrected chi connectivity index (χ2v) is 4.94. The van der Waals surface area contributed by atoms with Gasteiger partial charge in [0.25, 0.3) is 0 Å². The van der Waals surface area contributed by atoms with Gasteiger partial charge in [0.1, 0.15) is 0 Å². The SMILES string of the molecule is CCOC(=O)C(C(=O)OCC)[C@@H](c1ccccc1)C(C)[N+](=O)[O-]. The molecule has 7 nitrogen and oxygen atoms in total. The van der Waals surface area contributed by atoms with E-state index in [4.69, 9.17) is 9.47 Å². The van der Waals surface area contributed by atoms with Crippen LogP contribution < -0.4 is 0 Å². The average molecular weight is 323 g/mol. The largest absolute Gasteiger partial charge is 0.465 e. The first kappa shape index (κ1) is 18.6. The van der Waals surface area contributed by atoms with Crippen molar-refractivity contribution in [3.8, 4) is 0 Å². The Hall–Kier alpha value is -2.44. The normalized spacial score (nSPS) is 13.2. The molecule has 0 N–H and O–H groups in total. The zero-order valence-electron chi connectivity index (χ0n) is 13.4. The molecule has 0 fully saturated rings. The molecule has 0 saturated heterocycles. The number of carbonyl (C=O) groups is 2. The van der Waals surface area contributed by atoms with Gasteiger partial charge in [0.05, 0.1) is 19.1 Å². The first-order valence-corrected chi connectivity index (χ1v) is 7.45. The highest BCUT2D eigenvalue weighted by molar-refractivity contribution is 5.96. The number of nitrogens with zero attached hydrogens (tertiary/aromatic N) is 1. The van der Waals surface area contributed by atoms with Crippen LogP contribution in [-0.4, -0.2) is 36.1 Å². The van der Waals surface area contributed by atoms with E-state index >= 15 is 0 Å². The number of esters is 2. The van der Waals surface area contributed by atoms with Crippen LogP contribution in [0.1, 0.15) is 32.3 Å². The number of carbonyl (C=O) groups excluding carboxylic acids is 2. The highest BCUT2D eigenvalue weighted by atomic mass is 16.6. The van der Waals surface area contributed by atoms with E-state index < -0.39 is 34.7 Å². The molecule has 0 amide bonds. The Bertz CT molecular complexity index is 527. The summed E-state index contributed by atoms with van der Waals surface area (Å²) in [4.78, 5) is 35.3. The van der Waals surface area contributed by atoms with Crippen molar-refractivity contribution >= 4 is 11.9 Å². The number of hydrogen-bond acceptors (Lipinski definition) is 6. The first-order valence-electron chi connectivity index (χ1n) is 7.45. The fraction of sp³-hybridized carbons (Fsp3) is 0.500. The minimum atomic E-state index is -1.38. The van der Waals surface area contributed by atoms with Crippen LogP contribution in [0, 0.1) is 16.0 Å². The lowest BCUT2D eigenvalue weighted by molar-refractivity contribution is -0.523. The molecule has 0 spiro atoms. The molecule has 0 bridgehead atoms. The minimum absolute atomic E-state index is 0.0725. The summed E-state index contributed by atoms with van der Waals surface area (Å²) in [5.74, 6) is -3.97. The maximum atomic E-state index is 12.3.